The Morgan fingerprint density at radius 3 is 2.71 bits per heavy atom. The summed E-state index contributed by atoms with van der Waals surface area (Å²) in [4.78, 5) is 3.53. The zero-order chi connectivity index (χ0) is 10.6. The lowest BCUT2D eigenvalue weighted by Crippen LogP contribution is -2.02. The maximum atomic E-state index is 12.1. The van der Waals surface area contributed by atoms with E-state index in [2.05, 4.69) is 16.8 Å². The Hall–Kier alpha value is -0.730. The van der Waals surface area contributed by atoms with E-state index < -0.39 is 11.2 Å². The molecule has 1 aromatic rings. The molecule has 0 fully saturated rings. The maximum Gasteiger partial charge on any atom is 0.443 e. The van der Waals surface area contributed by atoms with Crippen LogP contribution in [0.25, 0.3) is 0 Å². The first-order valence-corrected chi connectivity index (χ1v) is 4.97. The molecule has 0 spiro atoms. The number of rotatable bonds is 1. The second-order valence-corrected chi connectivity index (χ2v) is 3.68. The molecule has 0 aliphatic heterocycles. The third-order valence-electron chi connectivity index (χ3n) is 1.18. The molecule has 6 heteroatoms. The summed E-state index contributed by atoms with van der Waals surface area (Å²) in [5, 5.41) is -0.868. The van der Waals surface area contributed by atoms with Crippen molar-refractivity contribution in [1.29, 1.82) is 0 Å². The number of hydrogen-bond donors (Lipinski definition) is 0. The van der Waals surface area contributed by atoms with Gasteiger partial charge in [-0.2, -0.15) is 13.2 Å². The van der Waals surface area contributed by atoms with Crippen LogP contribution in [-0.2, 0) is 6.18 Å². The van der Waals surface area contributed by atoms with Crippen LogP contribution in [0.2, 0.25) is 0 Å². The fourth-order valence-electron chi connectivity index (χ4n) is 0.660. The highest BCUT2D eigenvalue weighted by Gasteiger charge is 2.34. The molecule has 0 N–H and O–H groups in total. The smallest absolute Gasteiger partial charge is 0.239 e. The molecule has 76 valence electrons. The summed E-state index contributed by atoms with van der Waals surface area (Å²) in [6, 6.07) is 0. The number of halogens is 4. The molecular weight excluding hydrogens is 235 g/mol. The van der Waals surface area contributed by atoms with Gasteiger partial charge in [-0.3, -0.25) is 0 Å². The van der Waals surface area contributed by atoms with Crippen LogP contribution in [0.1, 0.15) is 16.3 Å². The van der Waals surface area contributed by atoms with Crippen LogP contribution < -0.4 is 0 Å². The zero-order valence-corrected chi connectivity index (χ0v) is 8.43. The van der Waals surface area contributed by atoms with Crippen LogP contribution in [0.3, 0.4) is 0 Å². The van der Waals surface area contributed by atoms with E-state index in [1.165, 1.54) is 0 Å². The first kappa shape index (κ1) is 11.3. The monoisotopic (exact) mass is 239 g/mol. The molecule has 0 bridgehead atoms. The highest BCUT2D eigenvalue weighted by molar-refractivity contribution is 7.12. The van der Waals surface area contributed by atoms with Gasteiger partial charge in [0, 0.05) is 12.3 Å². The number of hydrogen-bond acceptors (Lipinski definition) is 2. The van der Waals surface area contributed by atoms with Crippen molar-refractivity contribution in [3.8, 4) is 11.8 Å². The van der Waals surface area contributed by atoms with E-state index in [4.69, 9.17) is 11.6 Å². The molecule has 0 unspecified atom stereocenters. The number of alkyl halides is 4. The third kappa shape index (κ3) is 3.20. The Morgan fingerprint density at radius 2 is 2.21 bits per heavy atom. The fraction of sp³-hybridized carbons (Fsp3) is 0.375. The van der Waals surface area contributed by atoms with Gasteiger partial charge in [0.2, 0.25) is 0 Å². The Labute approximate surface area is 87.9 Å². The Morgan fingerprint density at radius 1 is 1.50 bits per heavy atom. The van der Waals surface area contributed by atoms with Gasteiger partial charge in [0.1, 0.15) is 0 Å². The molecule has 0 atom stereocenters. The maximum absolute atomic E-state index is 12.1. The molecule has 14 heavy (non-hydrogen) atoms. The van der Waals surface area contributed by atoms with Crippen molar-refractivity contribution in [2.45, 2.75) is 12.6 Å². The lowest BCUT2D eigenvalue weighted by atomic mass is 10.4. The van der Waals surface area contributed by atoms with E-state index >= 15 is 0 Å². The molecule has 0 aliphatic carbocycles. The van der Waals surface area contributed by atoms with Gasteiger partial charge in [0.25, 0.3) is 0 Å². The van der Waals surface area contributed by atoms with Crippen LogP contribution in [0, 0.1) is 11.8 Å². The van der Waals surface area contributed by atoms with Crippen LogP contribution in [-0.4, -0.2) is 10.9 Å². The molecule has 0 saturated heterocycles. The Balaban J connectivity index is 2.75. The molecule has 0 radical (unpaired) electrons. The van der Waals surface area contributed by atoms with Crippen molar-refractivity contribution in [2.75, 3.05) is 5.88 Å². The minimum Gasteiger partial charge on any atom is -0.239 e. The molecule has 1 rings (SSSR count). The normalized spacial score (nSPS) is 10.9. The molecule has 1 aromatic heterocycles. The highest BCUT2D eigenvalue weighted by Crippen LogP contribution is 2.31. The van der Waals surface area contributed by atoms with E-state index in [1.54, 1.807) is 0 Å². The summed E-state index contributed by atoms with van der Waals surface area (Å²) in [6.45, 7) is 0. The van der Waals surface area contributed by atoms with Crippen LogP contribution >= 0.6 is 22.9 Å². The molecule has 0 aromatic carbocycles. The lowest BCUT2D eigenvalue weighted by molar-refractivity contribution is -0.137. The van der Waals surface area contributed by atoms with E-state index in [0.29, 0.717) is 28.5 Å². The predicted octanol–water partition coefficient (Wildman–Crippen LogP) is 3.14. The van der Waals surface area contributed by atoms with Crippen molar-refractivity contribution in [3.05, 3.63) is 16.1 Å². The lowest BCUT2D eigenvalue weighted by Gasteiger charge is -1.98. The van der Waals surface area contributed by atoms with Gasteiger partial charge in [-0.25, -0.2) is 4.98 Å². The highest BCUT2D eigenvalue weighted by atomic mass is 35.5. The summed E-state index contributed by atoms with van der Waals surface area (Å²) in [6.07, 6.45) is -2.80. The summed E-state index contributed by atoms with van der Waals surface area (Å²) in [5.41, 5.74) is 0. The molecule has 0 aliphatic rings. The molecule has 0 saturated carbocycles. The van der Waals surface area contributed by atoms with E-state index in [9.17, 15) is 13.2 Å². The predicted molar refractivity (Wildman–Crippen MR) is 49.3 cm³/mol. The topological polar surface area (TPSA) is 12.9 Å². The van der Waals surface area contributed by atoms with Gasteiger partial charge in [-0.15, -0.1) is 22.9 Å². The van der Waals surface area contributed by atoms with Crippen molar-refractivity contribution >= 4 is 22.9 Å². The Bertz CT molecular complexity index is 361. The summed E-state index contributed by atoms with van der Waals surface area (Å²) < 4.78 is 36.2. The Kier molecular flexibility index (Phi) is 3.78. The van der Waals surface area contributed by atoms with Gasteiger partial charge in [0.15, 0.2) is 5.01 Å². The zero-order valence-electron chi connectivity index (χ0n) is 6.86. The summed E-state index contributed by atoms with van der Waals surface area (Å²) in [7, 11) is 0. The molecular formula is C8H5ClF3NS. The van der Waals surface area contributed by atoms with Gasteiger partial charge < -0.3 is 0 Å². The van der Waals surface area contributed by atoms with Crippen molar-refractivity contribution in [2.24, 2.45) is 0 Å². The number of nitrogens with zero attached hydrogens (tertiary/aromatic N) is 1. The van der Waals surface area contributed by atoms with Crippen LogP contribution in [0.4, 0.5) is 13.2 Å². The van der Waals surface area contributed by atoms with Gasteiger partial charge in [0.05, 0.1) is 11.1 Å². The summed E-state index contributed by atoms with van der Waals surface area (Å²) >= 11 is 5.89. The number of aromatic nitrogens is 1. The first-order valence-electron chi connectivity index (χ1n) is 3.62. The third-order valence-corrected chi connectivity index (χ3v) is 2.33. The average Bonchev–Trinajstić information content (AvgIpc) is 2.52. The van der Waals surface area contributed by atoms with E-state index in [0.717, 1.165) is 6.20 Å². The molecule has 1 heterocycles. The fourth-order valence-corrected chi connectivity index (χ4v) is 1.41. The average molecular weight is 240 g/mol. The van der Waals surface area contributed by atoms with Gasteiger partial charge in [-0.1, -0.05) is 11.8 Å². The minimum atomic E-state index is -4.38. The van der Waals surface area contributed by atoms with Crippen molar-refractivity contribution < 1.29 is 13.2 Å². The first-order chi connectivity index (χ1) is 6.54. The van der Waals surface area contributed by atoms with Crippen LogP contribution in [0.5, 0.6) is 0 Å². The van der Waals surface area contributed by atoms with Crippen LogP contribution in [0.15, 0.2) is 6.20 Å². The van der Waals surface area contributed by atoms with Gasteiger partial charge in [-0.05, 0) is 0 Å². The second-order valence-electron chi connectivity index (χ2n) is 2.27. The number of thiazole rings is 1. The largest absolute Gasteiger partial charge is 0.443 e. The van der Waals surface area contributed by atoms with Crippen molar-refractivity contribution in [1.82, 2.24) is 4.98 Å². The summed E-state index contributed by atoms with van der Waals surface area (Å²) in [5.74, 6) is 5.57. The van der Waals surface area contributed by atoms with E-state index in [1.807, 2.05) is 0 Å². The standard InChI is InChI=1S/C8H5ClF3NS/c9-4-2-1-3-6-5-13-7(14-6)8(10,11)12/h5H,2,4H2. The quantitative estimate of drug-likeness (QED) is 0.542. The molecule has 0 amide bonds. The van der Waals surface area contributed by atoms with Crippen molar-refractivity contribution in [3.63, 3.8) is 0 Å². The second kappa shape index (κ2) is 4.67. The minimum absolute atomic E-state index is 0.308. The molecule has 1 nitrogen and oxygen atoms in total. The SMILES string of the molecule is FC(F)(F)c1ncc(C#CCCCl)s1. The van der Waals surface area contributed by atoms with Gasteiger partial charge >= 0.3 is 6.18 Å². The van der Waals surface area contributed by atoms with E-state index in [-0.39, 0.29) is 0 Å².